The Labute approximate surface area is 172 Å². The second kappa shape index (κ2) is 7.69. The summed E-state index contributed by atoms with van der Waals surface area (Å²) in [6, 6.07) is 4.42. The summed E-state index contributed by atoms with van der Waals surface area (Å²) < 4.78 is 42.4. The van der Waals surface area contributed by atoms with Crippen molar-refractivity contribution in [2.45, 2.75) is 24.9 Å². The molecule has 2 amide bonds. The van der Waals surface area contributed by atoms with Gasteiger partial charge in [-0.3, -0.25) is 19.8 Å². The lowest BCUT2D eigenvalue weighted by molar-refractivity contribution is -0.384. The number of hydrogen-bond acceptors (Lipinski definition) is 6. The first kappa shape index (κ1) is 21.7. The molecule has 0 unspecified atom stereocenters. The molecule has 2 heterocycles. The molecule has 0 radical (unpaired) electrons. The molecule has 1 fully saturated rings. The first-order valence-electron chi connectivity index (χ1n) is 8.71. The maximum Gasteiger partial charge on any atom is 0.437 e. The molecule has 1 saturated heterocycles. The van der Waals surface area contributed by atoms with Crippen molar-refractivity contribution in [3.63, 3.8) is 0 Å². The predicted octanol–water partition coefficient (Wildman–Crippen LogP) is 3.49. The van der Waals surface area contributed by atoms with Gasteiger partial charge in [-0.2, -0.15) is 13.2 Å². The number of halogens is 3. The molecule has 2 aromatic rings. The summed E-state index contributed by atoms with van der Waals surface area (Å²) in [5.74, 6) is -3.15. The van der Waals surface area contributed by atoms with Crippen LogP contribution in [-0.4, -0.2) is 45.2 Å². The van der Waals surface area contributed by atoms with Crippen LogP contribution in [0.3, 0.4) is 0 Å². The standard InChI is InChI=1S/C18H16F3N3O5S/c1-2-23-16(26)22-14(10-5-7-11(8-6-10)24(28)29)13(17(23,27)18(19,20)21)15(25)12-4-3-9-30-12/h3-9,13-14,27H,2H2,1H3,(H,22,26)/t13-,14+,17-/m1/s1. The minimum Gasteiger partial charge on any atom is -0.363 e. The van der Waals surface area contributed by atoms with E-state index >= 15 is 0 Å². The third-order valence-electron chi connectivity index (χ3n) is 4.95. The van der Waals surface area contributed by atoms with Crippen molar-refractivity contribution in [1.29, 1.82) is 0 Å². The molecule has 0 spiro atoms. The number of benzene rings is 1. The highest BCUT2D eigenvalue weighted by Crippen LogP contribution is 2.48. The van der Waals surface area contributed by atoms with Crippen LogP contribution in [0.4, 0.5) is 23.7 Å². The van der Waals surface area contributed by atoms with Crippen molar-refractivity contribution in [3.05, 3.63) is 62.3 Å². The number of aliphatic hydroxyl groups is 1. The summed E-state index contributed by atoms with van der Waals surface area (Å²) >= 11 is 0.901. The molecule has 1 aliphatic heterocycles. The van der Waals surface area contributed by atoms with Gasteiger partial charge in [-0.25, -0.2) is 4.79 Å². The summed E-state index contributed by atoms with van der Waals surface area (Å²) in [6.45, 7) is 0.734. The second-order valence-electron chi connectivity index (χ2n) is 6.56. The summed E-state index contributed by atoms with van der Waals surface area (Å²) in [5.41, 5.74) is -4.08. The van der Waals surface area contributed by atoms with Crippen LogP contribution in [0.2, 0.25) is 0 Å². The monoisotopic (exact) mass is 443 g/mol. The summed E-state index contributed by atoms with van der Waals surface area (Å²) in [7, 11) is 0. The van der Waals surface area contributed by atoms with Gasteiger partial charge in [0.25, 0.3) is 11.4 Å². The summed E-state index contributed by atoms with van der Waals surface area (Å²) in [4.78, 5) is 35.9. The second-order valence-corrected chi connectivity index (χ2v) is 7.51. The van der Waals surface area contributed by atoms with Crippen LogP contribution in [0.5, 0.6) is 0 Å². The number of Topliss-reactive ketones (excluding diaryl/α,β-unsaturated/α-hetero) is 1. The topological polar surface area (TPSA) is 113 Å². The highest BCUT2D eigenvalue weighted by atomic mass is 32.1. The molecule has 1 aromatic heterocycles. The molecule has 8 nitrogen and oxygen atoms in total. The number of thiophene rings is 1. The SMILES string of the molecule is CCN1C(=O)N[C@@H](c2ccc([N+](=O)[O-])cc2)[C@H](C(=O)c2cccs2)[C@@]1(O)C(F)(F)F. The van der Waals surface area contributed by atoms with Crippen molar-refractivity contribution >= 4 is 28.8 Å². The van der Waals surface area contributed by atoms with E-state index in [2.05, 4.69) is 5.32 Å². The van der Waals surface area contributed by atoms with E-state index in [9.17, 15) is 38.0 Å². The first-order chi connectivity index (χ1) is 14.0. The number of rotatable bonds is 5. The Balaban J connectivity index is 2.20. The van der Waals surface area contributed by atoms with Gasteiger partial charge >= 0.3 is 12.2 Å². The molecule has 3 atom stereocenters. The molecule has 0 bridgehead atoms. The van der Waals surface area contributed by atoms with Crippen molar-refractivity contribution in [2.24, 2.45) is 5.92 Å². The van der Waals surface area contributed by atoms with E-state index < -0.39 is 47.1 Å². The number of nitrogens with one attached hydrogen (secondary N) is 1. The van der Waals surface area contributed by atoms with Gasteiger partial charge in [-0.15, -0.1) is 11.3 Å². The number of hydrogen-bond donors (Lipinski definition) is 2. The number of carbonyl (C=O) groups excluding carboxylic acids is 2. The van der Waals surface area contributed by atoms with Crippen LogP contribution in [0.25, 0.3) is 0 Å². The van der Waals surface area contributed by atoms with E-state index in [1.807, 2.05) is 0 Å². The van der Waals surface area contributed by atoms with E-state index in [1.165, 1.54) is 24.4 Å². The molecule has 160 valence electrons. The van der Waals surface area contributed by atoms with Gasteiger partial charge in [0.2, 0.25) is 0 Å². The highest BCUT2D eigenvalue weighted by Gasteiger charge is 2.69. The zero-order chi connectivity index (χ0) is 22.3. The fraction of sp³-hybridized carbons (Fsp3) is 0.333. The van der Waals surface area contributed by atoms with E-state index in [1.54, 1.807) is 0 Å². The summed E-state index contributed by atoms with van der Waals surface area (Å²) in [5, 5.41) is 25.6. The van der Waals surface area contributed by atoms with Crippen LogP contribution < -0.4 is 5.32 Å². The molecular weight excluding hydrogens is 427 g/mol. The third-order valence-corrected chi connectivity index (χ3v) is 5.83. The lowest BCUT2D eigenvalue weighted by Crippen LogP contribution is -2.73. The van der Waals surface area contributed by atoms with Gasteiger partial charge < -0.3 is 10.4 Å². The maximum absolute atomic E-state index is 14.1. The Bertz CT molecular complexity index is 964. The number of nitrogens with zero attached hydrogens (tertiary/aromatic N) is 2. The quantitative estimate of drug-likeness (QED) is 0.417. The third kappa shape index (κ3) is 3.41. The number of urea groups is 1. The van der Waals surface area contributed by atoms with Gasteiger partial charge in [-0.05, 0) is 23.9 Å². The fourth-order valence-electron chi connectivity index (χ4n) is 3.55. The van der Waals surface area contributed by atoms with E-state index in [-0.39, 0.29) is 21.0 Å². The Kier molecular flexibility index (Phi) is 5.56. The first-order valence-corrected chi connectivity index (χ1v) is 9.59. The Morgan fingerprint density at radius 2 is 1.97 bits per heavy atom. The molecule has 30 heavy (non-hydrogen) atoms. The zero-order valence-corrected chi connectivity index (χ0v) is 16.2. The van der Waals surface area contributed by atoms with Crippen LogP contribution in [0, 0.1) is 16.0 Å². The molecular formula is C18H16F3N3O5S. The molecule has 3 rings (SSSR count). The van der Waals surface area contributed by atoms with Crippen molar-refractivity contribution in [3.8, 4) is 0 Å². The number of alkyl halides is 3. The Morgan fingerprint density at radius 3 is 2.43 bits per heavy atom. The van der Waals surface area contributed by atoms with Gasteiger partial charge in [0.1, 0.15) is 5.92 Å². The minimum absolute atomic E-state index is 0.0160. The van der Waals surface area contributed by atoms with Gasteiger partial charge in [0, 0.05) is 18.7 Å². The minimum atomic E-state index is -5.35. The largest absolute Gasteiger partial charge is 0.437 e. The van der Waals surface area contributed by atoms with Crippen molar-refractivity contribution < 1.29 is 32.8 Å². The van der Waals surface area contributed by atoms with Crippen molar-refractivity contribution in [1.82, 2.24) is 10.2 Å². The van der Waals surface area contributed by atoms with E-state index in [0.29, 0.717) is 0 Å². The smallest absolute Gasteiger partial charge is 0.363 e. The number of carbonyl (C=O) groups is 2. The molecule has 2 N–H and O–H groups in total. The highest BCUT2D eigenvalue weighted by molar-refractivity contribution is 7.12. The molecule has 12 heteroatoms. The predicted molar refractivity (Wildman–Crippen MR) is 99.9 cm³/mol. The molecule has 1 aromatic carbocycles. The van der Waals surface area contributed by atoms with Crippen LogP contribution in [-0.2, 0) is 0 Å². The number of non-ortho nitro benzene ring substituents is 1. The van der Waals surface area contributed by atoms with Crippen LogP contribution in [0.1, 0.15) is 28.2 Å². The van der Waals surface area contributed by atoms with Crippen LogP contribution >= 0.6 is 11.3 Å². The number of ketones is 1. The van der Waals surface area contributed by atoms with Crippen molar-refractivity contribution in [2.75, 3.05) is 6.54 Å². The van der Waals surface area contributed by atoms with Gasteiger partial charge in [0.15, 0.2) is 5.78 Å². The molecule has 0 aliphatic carbocycles. The number of amides is 2. The average molecular weight is 443 g/mol. The van der Waals surface area contributed by atoms with Gasteiger partial charge in [0.05, 0.1) is 15.8 Å². The summed E-state index contributed by atoms with van der Waals surface area (Å²) in [6.07, 6.45) is -5.35. The van der Waals surface area contributed by atoms with Crippen LogP contribution in [0.15, 0.2) is 41.8 Å². The lowest BCUT2D eigenvalue weighted by Gasteiger charge is -2.50. The zero-order valence-electron chi connectivity index (χ0n) is 15.4. The Morgan fingerprint density at radius 1 is 1.33 bits per heavy atom. The average Bonchev–Trinajstić information content (AvgIpc) is 3.21. The maximum atomic E-state index is 14.1. The number of nitro groups is 1. The number of nitro benzene ring substituents is 1. The Hall–Kier alpha value is -2.99. The molecule has 1 aliphatic rings. The van der Waals surface area contributed by atoms with E-state index in [4.69, 9.17) is 0 Å². The molecule has 0 saturated carbocycles. The van der Waals surface area contributed by atoms with E-state index in [0.717, 1.165) is 35.6 Å². The van der Waals surface area contributed by atoms with Gasteiger partial charge in [-0.1, -0.05) is 18.2 Å². The lowest BCUT2D eigenvalue weighted by atomic mass is 9.77. The normalized spacial score (nSPS) is 24.4. The fourth-order valence-corrected chi connectivity index (χ4v) is 4.25.